The van der Waals surface area contributed by atoms with Gasteiger partial charge in [0, 0.05) is 6.54 Å². The Hall–Kier alpha value is -2.64. The van der Waals surface area contributed by atoms with E-state index in [0.717, 1.165) is 6.07 Å². The number of carboxylic acid groups (broad SMARTS) is 1. The van der Waals surface area contributed by atoms with Gasteiger partial charge < -0.3 is 20.5 Å². The zero-order valence-electron chi connectivity index (χ0n) is 10.6. The smallest absolute Gasteiger partial charge is 0.337 e. The van der Waals surface area contributed by atoms with Crippen LogP contribution in [0.25, 0.3) is 0 Å². The fraction of sp³-hybridized carbons (Fsp3) is 0.250. The number of carbonyl (C=O) groups is 3. The SMILES string of the molecule is COC(=O)c1ccc(NC(=O)NCCC(=O)O)c(F)c1. The number of carbonyl (C=O) groups excluding carboxylic acids is 2. The molecule has 1 aromatic rings. The minimum absolute atomic E-state index is 0.0156. The van der Waals surface area contributed by atoms with Crippen molar-refractivity contribution in [2.45, 2.75) is 6.42 Å². The summed E-state index contributed by atoms with van der Waals surface area (Å²) in [4.78, 5) is 32.8. The Balaban J connectivity index is 2.62. The van der Waals surface area contributed by atoms with E-state index in [4.69, 9.17) is 5.11 Å². The second kappa shape index (κ2) is 7.07. The van der Waals surface area contributed by atoms with E-state index in [2.05, 4.69) is 15.4 Å². The standard InChI is InChI=1S/C12H13FN2O5/c1-20-11(18)7-2-3-9(8(13)6-7)15-12(19)14-5-4-10(16)17/h2-3,6H,4-5H2,1H3,(H,16,17)(H2,14,15,19). The molecule has 0 bridgehead atoms. The molecular weight excluding hydrogens is 271 g/mol. The molecule has 8 heteroatoms. The number of ether oxygens (including phenoxy) is 1. The first-order chi connectivity index (χ1) is 9.43. The Labute approximate surface area is 113 Å². The fourth-order valence-corrected chi connectivity index (χ4v) is 1.31. The van der Waals surface area contributed by atoms with Crippen LogP contribution >= 0.6 is 0 Å². The topological polar surface area (TPSA) is 105 Å². The lowest BCUT2D eigenvalue weighted by Crippen LogP contribution is -2.30. The maximum atomic E-state index is 13.6. The molecule has 0 fully saturated rings. The Morgan fingerprint density at radius 2 is 2.05 bits per heavy atom. The zero-order chi connectivity index (χ0) is 15.1. The lowest BCUT2D eigenvalue weighted by molar-refractivity contribution is -0.136. The number of carboxylic acids is 1. The van der Waals surface area contributed by atoms with Crippen molar-refractivity contribution in [1.82, 2.24) is 5.32 Å². The minimum Gasteiger partial charge on any atom is -0.481 e. The number of anilines is 1. The molecule has 1 rings (SSSR count). The molecule has 108 valence electrons. The normalized spacial score (nSPS) is 9.70. The first-order valence-electron chi connectivity index (χ1n) is 5.58. The van der Waals surface area contributed by atoms with Gasteiger partial charge in [0.05, 0.1) is 24.8 Å². The van der Waals surface area contributed by atoms with Crippen molar-refractivity contribution in [3.8, 4) is 0 Å². The molecule has 3 N–H and O–H groups in total. The molecule has 20 heavy (non-hydrogen) atoms. The van der Waals surface area contributed by atoms with Crippen molar-refractivity contribution in [3.63, 3.8) is 0 Å². The predicted molar refractivity (Wildman–Crippen MR) is 67.0 cm³/mol. The van der Waals surface area contributed by atoms with Crippen molar-refractivity contribution < 1.29 is 28.6 Å². The van der Waals surface area contributed by atoms with Crippen molar-refractivity contribution >= 4 is 23.7 Å². The summed E-state index contributed by atoms with van der Waals surface area (Å²) in [6, 6.07) is 2.69. The summed E-state index contributed by atoms with van der Waals surface area (Å²) in [6.07, 6.45) is -0.239. The third-order valence-electron chi connectivity index (χ3n) is 2.26. The molecule has 0 aliphatic rings. The number of rotatable bonds is 5. The molecule has 0 saturated carbocycles. The maximum Gasteiger partial charge on any atom is 0.337 e. The largest absolute Gasteiger partial charge is 0.481 e. The summed E-state index contributed by atoms with van der Waals surface area (Å²) in [7, 11) is 1.17. The Morgan fingerprint density at radius 3 is 2.60 bits per heavy atom. The third-order valence-corrected chi connectivity index (χ3v) is 2.26. The van der Waals surface area contributed by atoms with Gasteiger partial charge in [0.25, 0.3) is 0 Å². The van der Waals surface area contributed by atoms with Crippen molar-refractivity contribution in [2.24, 2.45) is 0 Å². The van der Waals surface area contributed by atoms with Crippen LogP contribution in [0.1, 0.15) is 16.8 Å². The molecule has 7 nitrogen and oxygen atoms in total. The van der Waals surface area contributed by atoms with E-state index >= 15 is 0 Å². The summed E-state index contributed by atoms with van der Waals surface area (Å²) < 4.78 is 18.0. The van der Waals surface area contributed by atoms with Crippen LogP contribution < -0.4 is 10.6 Å². The summed E-state index contributed by atoms with van der Waals surface area (Å²) in [5, 5.41) is 12.8. The van der Waals surface area contributed by atoms with Gasteiger partial charge in [0.15, 0.2) is 0 Å². The van der Waals surface area contributed by atoms with Crippen molar-refractivity contribution in [3.05, 3.63) is 29.6 Å². The first kappa shape index (κ1) is 15.4. The number of aliphatic carboxylic acids is 1. The van der Waals surface area contributed by atoms with Gasteiger partial charge in [0.1, 0.15) is 5.82 Å². The highest BCUT2D eigenvalue weighted by atomic mass is 19.1. The third kappa shape index (κ3) is 4.56. The van der Waals surface area contributed by atoms with E-state index < -0.39 is 23.8 Å². The van der Waals surface area contributed by atoms with E-state index in [1.807, 2.05) is 0 Å². The van der Waals surface area contributed by atoms with Gasteiger partial charge in [-0.25, -0.2) is 14.0 Å². The monoisotopic (exact) mass is 284 g/mol. The van der Waals surface area contributed by atoms with Crippen LogP contribution in [-0.2, 0) is 9.53 Å². The van der Waals surface area contributed by atoms with Gasteiger partial charge in [0.2, 0.25) is 0 Å². The quantitative estimate of drug-likeness (QED) is 0.705. The van der Waals surface area contributed by atoms with Crippen LogP contribution in [0.3, 0.4) is 0 Å². The van der Waals surface area contributed by atoms with Gasteiger partial charge in [-0.05, 0) is 18.2 Å². The molecular formula is C12H13FN2O5. The molecule has 0 atom stereocenters. The first-order valence-corrected chi connectivity index (χ1v) is 5.58. The van der Waals surface area contributed by atoms with Crippen LogP contribution in [0.5, 0.6) is 0 Å². The van der Waals surface area contributed by atoms with E-state index in [9.17, 15) is 18.8 Å². The van der Waals surface area contributed by atoms with E-state index in [1.165, 1.54) is 19.2 Å². The van der Waals surface area contributed by atoms with Crippen molar-refractivity contribution in [2.75, 3.05) is 19.0 Å². The summed E-state index contributed by atoms with van der Waals surface area (Å²) in [5.41, 5.74) is -0.118. The zero-order valence-corrected chi connectivity index (χ0v) is 10.6. The van der Waals surface area contributed by atoms with Gasteiger partial charge in [-0.15, -0.1) is 0 Å². The van der Waals surface area contributed by atoms with Gasteiger partial charge in [-0.2, -0.15) is 0 Å². The minimum atomic E-state index is -1.06. The number of esters is 1. The molecule has 0 spiro atoms. The van der Waals surface area contributed by atoms with E-state index in [0.29, 0.717) is 0 Å². The van der Waals surface area contributed by atoms with E-state index in [-0.39, 0.29) is 24.2 Å². The lowest BCUT2D eigenvalue weighted by atomic mass is 10.2. The highest BCUT2D eigenvalue weighted by Crippen LogP contribution is 2.16. The highest BCUT2D eigenvalue weighted by molar-refractivity contribution is 5.92. The average molecular weight is 284 g/mol. The van der Waals surface area contributed by atoms with Crippen LogP contribution in [0.15, 0.2) is 18.2 Å². The predicted octanol–water partition coefficient (Wildman–Crippen LogP) is 1.21. The number of amides is 2. The Kier molecular flexibility index (Phi) is 5.45. The van der Waals surface area contributed by atoms with E-state index in [1.54, 1.807) is 0 Å². The number of urea groups is 1. The second-order valence-corrected chi connectivity index (χ2v) is 3.71. The average Bonchev–Trinajstić information content (AvgIpc) is 2.39. The summed E-state index contributed by atoms with van der Waals surface area (Å²) in [5.74, 6) is -2.55. The summed E-state index contributed by atoms with van der Waals surface area (Å²) in [6.45, 7) is -0.0803. The molecule has 0 aliphatic heterocycles. The molecule has 0 unspecified atom stereocenters. The number of nitrogens with one attached hydrogen (secondary N) is 2. The highest BCUT2D eigenvalue weighted by Gasteiger charge is 2.11. The fourth-order valence-electron chi connectivity index (χ4n) is 1.31. The van der Waals surface area contributed by atoms with Gasteiger partial charge in [-0.1, -0.05) is 0 Å². The number of methoxy groups -OCH3 is 1. The molecule has 0 saturated heterocycles. The number of hydrogen-bond acceptors (Lipinski definition) is 4. The number of hydrogen-bond donors (Lipinski definition) is 3. The number of benzene rings is 1. The Bertz CT molecular complexity index is 533. The molecule has 1 aromatic carbocycles. The molecule has 0 aliphatic carbocycles. The molecule has 0 heterocycles. The number of halogens is 1. The molecule has 0 radical (unpaired) electrons. The molecule has 0 aromatic heterocycles. The van der Waals surface area contributed by atoms with Crippen LogP contribution in [0.2, 0.25) is 0 Å². The van der Waals surface area contributed by atoms with Gasteiger partial charge >= 0.3 is 18.0 Å². The molecule has 2 amide bonds. The summed E-state index contributed by atoms with van der Waals surface area (Å²) >= 11 is 0. The Morgan fingerprint density at radius 1 is 1.35 bits per heavy atom. The van der Waals surface area contributed by atoms with Gasteiger partial charge in [-0.3, -0.25) is 4.79 Å². The second-order valence-electron chi connectivity index (χ2n) is 3.71. The van der Waals surface area contributed by atoms with Crippen molar-refractivity contribution in [1.29, 1.82) is 0 Å². The lowest BCUT2D eigenvalue weighted by Gasteiger charge is -2.08. The van der Waals surface area contributed by atoms with Crippen LogP contribution in [0.4, 0.5) is 14.9 Å². The van der Waals surface area contributed by atoms with Crippen LogP contribution in [0, 0.1) is 5.82 Å². The van der Waals surface area contributed by atoms with Crippen LogP contribution in [-0.4, -0.2) is 36.7 Å². The maximum absolute atomic E-state index is 13.6.